The Hall–Kier alpha value is -1.92. The van der Waals surface area contributed by atoms with Crippen LogP contribution in [0.1, 0.15) is 10.4 Å². The minimum Gasteiger partial charge on any atom is -0.306 e. The van der Waals surface area contributed by atoms with Gasteiger partial charge in [-0.1, -0.05) is 0 Å². The van der Waals surface area contributed by atoms with Crippen molar-refractivity contribution in [1.29, 1.82) is 0 Å². The molecule has 3 rings (SSSR count). The maximum absolute atomic E-state index is 12.2. The molecule has 0 bridgehead atoms. The number of carbonyl (C=O) groups excluding carboxylic acids is 1. The van der Waals surface area contributed by atoms with E-state index in [1.807, 2.05) is 42.0 Å². The summed E-state index contributed by atoms with van der Waals surface area (Å²) in [6, 6.07) is 9.40. The maximum Gasteiger partial charge on any atom is 0.256 e. The second kappa shape index (κ2) is 5.60. The van der Waals surface area contributed by atoms with Gasteiger partial charge in [0, 0.05) is 10.5 Å². The summed E-state index contributed by atoms with van der Waals surface area (Å²) in [5, 5.41) is 5.63. The van der Waals surface area contributed by atoms with Crippen LogP contribution in [0.3, 0.4) is 0 Å². The van der Waals surface area contributed by atoms with Crippen molar-refractivity contribution in [2.45, 2.75) is 4.90 Å². The molecule has 1 aromatic carbocycles. The molecule has 0 atom stereocenters. The van der Waals surface area contributed by atoms with Crippen molar-refractivity contribution in [3.63, 3.8) is 0 Å². The lowest BCUT2D eigenvalue weighted by Crippen LogP contribution is -2.13. The number of anilines is 1. The number of thioether (sulfide) groups is 1. The highest BCUT2D eigenvalue weighted by molar-refractivity contribution is 7.98. The Labute approximate surface area is 124 Å². The third kappa shape index (κ3) is 2.52. The molecular formula is C14H11N3OS2. The third-order valence-corrected chi connectivity index (χ3v) is 4.41. The molecule has 0 saturated carbocycles. The van der Waals surface area contributed by atoms with Crippen molar-refractivity contribution in [3.8, 4) is 0 Å². The van der Waals surface area contributed by atoms with Gasteiger partial charge in [-0.15, -0.1) is 23.1 Å². The van der Waals surface area contributed by atoms with Crippen molar-refractivity contribution in [1.82, 2.24) is 9.97 Å². The Kier molecular flexibility index (Phi) is 3.66. The minimum absolute atomic E-state index is 0.163. The topological polar surface area (TPSA) is 54.9 Å². The fraction of sp³-hybridized carbons (Fsp3) is 0.0714. The fourth-order valence-electron chi connectivity index (χ4n) is 1.81. The van der Waals surface area contributed by atoms with Crippen LogP contribution in [0.2, 0.25) is 0 Å². The molecule has 0 radical (unpaired) electrons. The highest BCUT2D eigenvalue weighted by Gasteiger charge is 2.10. The van der Waals surface area contributed by atoms with Crippen LogP contribution in [0, 0.1) is 0 Å². The summed E-state index contributed by atoms with van der Waals surface area (Å²) in [7, 11) is 0. The normalized spacial score (nSPS) is 10.7. The molecule has 2 aromatic heterocycles. The number of fused-ring (bicyclic) bond motifs is 1. The Morgan fingerprint density at radius 2 is 2.00 bits per heavy atom. The zero-order valence-corrected chi connectivity index (χ0v) is 12.3. The number of benzene rings is 1. The first-order valence-electron chi connectivity index (χ1n) is 5.91. The zero-order valence-electron chi connectivity index (χ0n) is 10.7. The predicted octanol–water partition coefficient (Wildman–Crippen LogP) is 3.67. The van der Waals surface area contributed by atoms with Crippen LogP contribution in [0.15, 0.2) is 46.9 Å². The van der Waals surface area contributed by atoms with E-state index < -0.39 is 0 Å². The molecule has 2 heterocycles. The summed E-state index contributed by atoms with van der Waals surface area (Å²) in [5.74, 6) is 0.388. The quantitative estimate of drug-likeness (QED) is 0.750. The second-order valence-corrected chi connectivity index (χ2v) is 5.82. The summed E-state index contributed by atoms with van der Waals surface area (Å²) < 4.78 is 0. The Morgan fingerprint density at radius 3 is 2.75 bits per heavy atom. The lowest BCUT2D eigenvalue weighted by Gasteiger charge is -2.05. The number of nitrogens with one attached hydrogen (secondary N) is 1. The molecule has 100 valence electrons. The van der Waals surface area contributed by atoms with Crippen molar-refractivity contribution in [2.75, 3.05) is 11.6 Å². The summed E-state index contributed by atoms with van der Waals surface area (Å²) >= 11 is 3.17. The number of carbonyl (C=O) groups is 1. The van der Waals surface area contributed by atoms with Gasteiger partial charge in [-0.05, 0) is 42.0 Å². The van der Waals surface area contributed by atoms with E-state index >= 15 is 0 Å². The Morgan fingerprint density at radius 1 is 1.20 bits per heavy atom. The van der Waals surface area contributed by atoms with Crippen LogP contribution in [0.5, 0.6) is 0 Å². The van der Waals surface area contributed by atoms with Gasteiger partial charge in [0.2, 0.25) is 0 Å². The van der Waals surface area contributed by atoms with Gasteiger partial charge in [-0.25, -0.2) is 9.97 Å². The van der Waals surface area contributed by atoms with Gasteiger partial charge in [-0.2, -0.15) is 0 Å². The minimum atomic E-state index is -0.163. The maximum atomic E-state index is 12.2. The van der Waals surface area contributed by atoms with E-state index in [-0.39, 0.29) is 5.91 Å². The average Bonchev–Trinajstić information content (AvgIpc) is 2.97. The van der Waals surface area contributed by atoms with Crippen LogP contribution in [0.4, 0.5) is 5.82 Å². The fourth-order valence-corrected chi connectivity index (χ4v) is 2.95. The lowest BCUT2D eigenvalue weighted by atomic mass is 10.2. The van der Waals surface area contributed by atoms with Crippen LogP contribution >= 0.6 is 23.1 Å². The average molecular weight is 301 g/mol. The van der Waals surface area contributed by atoms with E-state index in [9.17, 15) is 4.79 Å². The Bertz CT molecular complexity index is 752. The molecule has 4 nitrogen and oxygen atoms in total. The van der Waals surface area contributed by atoms with Crippen LogP contribution < -0.4 is 5.32 Å². The van der Waals surface area contributed by atoms with E-state index in [4.69, 9.17) is 0 Å². The first-order chi connectivity index (χ1) is 9.78. The van der Waals surface area contributed by atoms with Crippen LogP contribution in [0.25, 0.3) is 10.2 Å². The van der Waals surface area contributed by atoms with E-state index in [0.29, 0.717) is 11.4 Å². The number of hydrogen-bond donors (Lipinski definition) is 1. The van der Waals surface area contributed by atoms with E-state index in [0.717, 1.165) is 15.1 Å². The van der Waals surface area contributed by atoms with Crippen molar-refractivity contribution < 1.29 is 4.79 Å². The largest absolute Gasteiger partial charge is 0.306 e. The predicted molar refractivity (Wildman–Crippen MR) is 83.6 cm³/mol. The van der Waals surface area contributed by atoms with Crippen LogP contribution in [-0.2, 0) is 0 Å². The highest BCUT2D eigenvalue weighted by atomic mass is 32.2. The van der Waals surface area contributed by atoms with Gasteiger partial charge in [0.1, 0.15) is 17.0 Å². The summed E-state index contributed by atoms with van der Waals surface area (Å²) in [5.41, 5.74) is 0.616. The SMILES string of the molecule is CSc1ccc(C(=O)Nc2ncnc3sccc23)cc1. The molecule has 0 fully saturated rings. The number of aromatic nitrogens is 2. The molecule has 3 aromatic rings. The number of rotatable bonds is 3. The molecule has 6 heteroatoms. The zero-order chi connectivity index (χ0) is 13.9. The lowest BCUT2D eigenvalue weighted by molar-refractivity contribution is 0.102. The molecule has 1 N–H and O–H groups in total. The van der Waals surface area contributed by atoms with Crippen molar-refractivity contribution in [2.24, 2.45) is 0 Å². The standard InChI is InChI=1S/C14H11N3OS2/c1-19-10-4-2-9(3-5-10)13(18)17-12-11-6-7-20-14(11)16-8-15-12/h2-8H,1H3,(H,15,16,17,18). The Balaban J connectivity index is 1.86. The van der Waals surface area contributed by atoms with E-state index in [1.165, 1.54) is 17.7 Å². The summed E-state index contributed by atoms with van der Waals surface area (Å²) in [4.78, 5) is 22.5. The molecule has 0 aliphatic carbocycles. The molecule has 0 saturated heterocycles. The molecule has 0 aliphatic heterocycles. The number of thiophene rings is 1. The molecule has 0 aliphatic rings. The van der Waals surface area contributed by atoms with Crippen molar-refractivity contribution >= 4 is 45.0 Å². The van der Waals surface area contributed by atoms with Gasteiger partial charge in [0.05, 0.1) is 5.39 Å². The summed E-state index contributed by atoms with van der Waals surface area (Å²) in [6.45, 7) is 0. The molecular weight excluding hydrogens is 290 g/mol. The van der Waals surface area contributed by atoms with Gasteiger partial charge >= 0.3 is 0 Å². The van der Waals surface area contributed by atoms with Crippen molar-refractivity contribution in [3.05, 3.63) is 47.6 Å². The first-order valence-corrected chi connectivity index (χ1v) is 8.02. The van der Waals surface area contributed by atoms with Gasteiger partial charge in [0.15, 0.2) is 0 Å². The molecule has 0 spiro atoms. The molecule has 1 amide bonds. The molecule has 0 unspecified atom stereocenters. The smallest absolute Gasteiger partial charge is 0.256 e. The third-order valence-electron chi connectivity index (χ3n) is 2.85. The highest BCUT2D eigenvalue weighted by Crippen LogP contribution is 2.24. The summed E-state index contributed by atoms with van der Waals surface area (Å²) in [6.07, 6.45) is 3.47. The second-order valence-electron chi connectivity index (χ2n) is 4.04. The molecule has 20 heavy (non-hydrogen) atoms. The van der Waals surface area contributed by atoms with Crippen LogP contribution in [-0.4, -0.2) is 22.1 Å². The monoisotopic (exact) mass is 301 g/mol. The number of amides is 1. The number of hydrogen-bond acceptors (Lipinski definition) is 5. The van der Waals surface area contributed by atoms with Gasteiger partial charge in [0.25, 0.3) is 5.91 Å². The van der Waals surface area contributed by atoms with Gasteiger partial charge in [-0.3, -0.25) is 4.79 Å². The first kappa shape index (κ1) is 13.1. The van der Waals surface area contributed by atoms with E-state index in [1.54, 1.807) is 11.8 Å². The van der Waals surface area contributed by atoms with Gasteiger partial charge < -0.3 is 5.32 Å². The van der Waals surface area contributed by atoms with E-state index in [2.05, 4.69) is 15.3 Å². The number of nitrogens with zero attached hydrogens (tertiary/aromatic N) is 2.